The summed E-state index contributed by atoms with van der Waals surface area (Å²) in [6.45, 7) is 0.590. The minimum Gasteiger partial charge on any atom is -0.494 e. The SMILES string of the molecule is O=C(/C=C/c1ccc([N+](=O)[O-])cc1)NC(=S)Nc1cccc(OCCCc2ccccc2)c1. The van der Waals surface area contributed by atoms with Crippen molar-refractivity contribution in [1.29, 1.82) is 0 Å². The van der Waals surface area contributed by atoms with E-state index < -0.39 is 10.8 Å². The topological polar surface area (TPSA) is 93.5 Å². The first-order valence-corrected chi connectivity index (χ1v) is 10.7. The number of benzene rings is 3. The molecule has 0 saturated heterocycles. The fourth-order valence-corrected chi connectivity index (χ4v) is 3.19. The molecule has 0 aliphatic carbocycles. The third-order valence-corrected chi connectivity index (χ3v) is 4.79. The molecule has 0 bridgehead atoms. The van der Waals surface area contributed by atoms with E-state index in [2.05, 4.69) is 22.8 Å². The lowest BCUT2D eigenvalue weighted by Gasteiger charge is -2.11. The second-order valence-corrected chi connectivity index (χ2v) is 7.50. The molecule has 0 spiro atoms. The van der Waals surface area contributed by atoms with Crippen LogP contribution in [0.4, 0.5) is 11.4 Å². The molecule has 3 rings (SSSR count). The molecule has 0 aromatic heterocycles. The first-order chi connectivity index (χ1) is 16.0. The van der Waals surface area contributed by atoms with Gasteiger partial charge in [-0.2, -0.15) is 0 Å². The molecule has 33 heavy (non-hydrogen) atoms. The third-order valence-electron chi connectivity index (χ3n) is 4.58. The summed E-state index contributed by atoms with van der Waals surface area (Å²) in [7, 11) is 0. The predicted molar refractivity (Wildman–Crippen MR) is 133 cm³/mol. The Bertz CT molecular complexity index is 1130. The molecule has 3 aromatic rings. The summed E-state index contributed by atoms with van der Waals surface area (Å²) >= 11 is 5.20. The van der Waals surface area contributed by atoms with Crippen molar-refractivity contribution >= 4 is 40.7 Å². The lowest BCUT2D eigenvalue weighted by Crippen LogP contribution is -2.32. The van der Waals surface area contributed by atoms with Crippen LogP contribution < -0.4 is 15.4 Å². The number of nitrogens with zero attached hydrogens (tertiary/aromatic N) is 1. The lowest BCUT2D eigenvalue weighted by molar-refractivity contribution is -0.384. The molecule has 0 unspecified atom stereocenters. The van der Waals surface area contributed by atoms with Gasteiger partial charge in [-0.1, -0.05) is 36.4 Å². The van der Waals surface area contributed by atoms with Gasteiger partial charge in [-0.25, -0.2) is 0 Å². The quantitative estimate of drug-likeness (QED) is 0.151. The number of nitro benzene ring substituents is 1. The Hall–Kier alpha value is -4.04. The molecule has 3 aromatic carbocycles. The highest BCUT2D eigenvalue weighted by Gasteiger charge is 2.05. The Morgan fingerprint density at radius 3 is 2.52 bits per heavy atom. The number of carbonyl (C=O) groups excluding carboxylic acids is 1. The van der Waals surface area contributed by atoms with Gasteiger partial charge in [-0.15, -0.1) is 0 Å². The minimum absolute atomic E-state index is 0.00983. The summed E-state index contributed by atoms with van der Waals surface area (Å²) in [6, 6.07) is 23.5. The summed E-state index contributed by atoms with van der Waals surface area (Å²) in [6.07, 6.45) is 4.70. The highest BCUT2D eigenvalue weighted by Crippen LogP contribution is 2.18. The van der Waals surface area contributed by atoms with E-state index in [1.807, 2.05) is 42.5 Å². The summed E-state index contributed by atoms with van der Waals surface area (Å²) in [4.78, 5) is 22.3. The smallest absolute Gasteiger partial charge is 0.269 e. The summed E-state index contributed by atoms with van der Waals surface area (Å²) < 4.78 is 5.82. The van der Waals surface area contributed by atoms with Crippen molar-refractivity contribution in [3.8, 4) is 5.75 Å². The van der Waals surface area contributed by atoms with Gasteiger partial charge in [0, 0.05) is 30.0 Å². The van der Waals surface area contributed by atoms with Gasteiger partial charge in [-0.05, 0) is 66.5 Å². The van der Waals surface area contributed by atoms with Crippen LogP contribution in [0.1, 0.15) is 17.5 Å². The van der Waals surface area contributed by atoms with Crippen molar-refractivity contribution in [2.24, 2.45) is 0 Å². The van der Waals surface area contributed by atoms with Gasteiger partial charge in [0.2, 0.25) is 5.91 Å². The van der Waals surface area contributed by atoms with Gasteiger partial charge in [0.15, 0.2) is 5.11 Å². The van der Waals surface area contributed by atoms with Gasteiger partial charge in [-0.3, -0.25) is 20.2 Å². The highest BCUT2D eigenvalue weighted by atomic mass is 32.1. The predicted octanol–water partition coefficient (Wildman–Crippen LogP) is 5.13. The lowest BCUT2D eigenvalue weighted by atomic mass is 10.1. The first-order valence-electron chi connectivity index (χ1n) is 10.3. The van der Waals surface area contributed by atoms with Crippen LogP contribution in [-0.4, -0.2) is 22.5 Å². The van der Waals surface area contributed by atoms with Gasteiger partial charge in [0.25, 0.3) is 5.69 Å². The van der Waals surface area contributed by atoms with Crippen molar-refractivity contribution in [2.75, 3.05) is 11.9 Å². The zero-order chi connectivity index (χ0) is 23.5. The average Bonchev–Trinajstić information content (AvgIpc) is 2.81. The number of amides is 1. The number of thiocarbonyl (C=S) groups is 1. The van der Waals surface area contributed by atoms with Crippen LogP contribution in [0.5, 0.6) is 5.75 Å². The molecular weight excluding hydrogens is 438 g/mol. The number of hydrogen-bond acceptors (Lipinski definition) is 5. The van der Waals surface area contributed by atoms with E-state index in [4.69, 9.17) is 17.0 Å². The summed E-state index contributed by atoms with van der Waals surface area (Å²) in [5, 5.41) is 16.4. The number of hydrogen-bond donors (Lipinski definition) is 2. The second kappa shape index (κ2) is 12.1. The van der Waals surface area contributed by atoms with Crippen molar-refractivity contribution in [3.05, 3.63) is 106 Å². The Labute approximate surface area is 197 Å². The number of rotatable bonds is 9. The Morgan fingerprint density at radius 2 is 1.79 bits per heavy atom. The maximum absolute atomic E-state index is 12.1. The Morgan fingerprint density at radius 1 is 1.03 bits per heavy atom. The monoisotopic (exact) mass is 461 g/mol. The summed E-state index contributed by atoms with van der Waals surface area (Å²) in [5.41, 5.74) is 2.62. The first kappa shape index (κ1) is 23.6. The fraction of sp³-hybridized carbons (Fsp3) is 0.120. The van der Waals surface area contributed by atoms with E-state index in [0.29, 0.717) is 23.6 Å². The van der Waals surface area contributed by atoms with Crippen LogP contribution in [0.25, 0.3) is 6.08 Å². The van der Waals surface area contributed by atoms with E-state index in [-0.39, 0.29) is 10.8 Å². The van der Waals surface area contributed by atoms with Gasteiger partial charge in [0.05, 0.1) is 11.5 Å². The van der Waals surface area contributed by atoms with E-state index in [9.17, 15) is 14.9 Å². The normalized spacial score (nSPS) is 10.5. The summed E-state index contributed by atoms with van der Waals surface area (Å²) in [5.74, 6) is 0.291. The molecule has 0 radical (unpaired) electrons. The maximum atomic E-state index is 12.1. The average molecular weight is 462 g/mol. The van der Waals surface area contributed by atoms with Crippen molar-refractivity contribution in [3.63, 3.8) is 0 Å². The molecule has 7 nitrogen and oxygen atoms in total. The number of nitrogens with one attached hydrogen (secondary N) is 2. The Kier molecular flexibility index (Phi) is 8.67. The van der Waals surface area contributed by atoms with Gasteiger partial charge >= 0.3 is 0 Å². The Balaban J connectivity index is 1.43. The molecule has 0 aliphatic rings. The standard InChI is InChI=1S/C25H23N3O4S/c29-24(16-13-20-11-14-22(15-12-20)28(30)31)27-25(33)26-21-9-4-10-23(18-21)32-17-5-8-19-6-2-1-3-7-19/h1-4,6-7,9-16,18H,5,8,17H2,(H2,26,27,29,33)/b16-13+. The molecule has 0 saturated carbocycles. The van der Waals surface area contributed by atoms with Gasteiger partial charge < -0.3 is 10.1 Å². The number of carbonyl (C=O) groups is 1. The maximum Gasteiger partial charge on any atom is 0.269 e. The van der Waals surface area contributed by atoms with E-state index >= 15 is 0 Å². The van der Waals surface area contributed by atoms with E-state index in [1.54, 1.807) is 18.2 Å². The van der Waals surface area contributed by atoms with Crippen LogP contribution >= 0.6 is 12.2 Å². The van der Waals surface area contributed by atoms with Crippen LogP contribution in [0.15, 0.2) is 84.9 Å². The molecule has 0 fully saturated rings. The van der Waals surface area contributed by atoms with Crippen molar-refractivity contribution < 1.29 is 14.5 Å². The molecule has 0 aliphatic heterocycles. The minimum atomic E-state index is -0.477. The molecule has 0 heterocycles. The number of ether oxygens (including phenoxy) is 1. The zero-order valence-electron chi connectivity index (χ0n) is 17.8. The molecule has 0 atom stereocenters. The number of anilines is 1. The molecule has 1 amide bonds. The largest absolute Gasteiger partial charge is 0.494 e. The molecule has 2 N–H and O–H groups in total. The molecule has 8 heteroatoms. The van der Waals surface area contributed by atoms with Crippen LogP contribution in [0, 0.1) is 10.1 Å². The van der Waals surface area contributed by atoms with Crippen LogP contribution in [0.2, 0.25) is 0 Å². The van der Waals surface area contributed by atoms with Crippen molar-refractivity contribution in [1.82, 2.24) is 5.32 Å². The highest BCUT2D eigenvalue weighted by molar-refractivity contribution is 7.80. The van der Waals surface area contributed by atoms with E-state index in [1.165, 1.54) is 23.8 Å². The second-order valence-electron chi connectivity index (χ2n) is 7.09. The number of aryl methyl sites for hydroxylation is 1. The third kappa shape index (κ3) is 8.19. The number of nitro groups is 1. The molecular formula is C25H23N3O4S. The van der Waals surface area contributed by atoms with Crippen molar-refractivity contribution in [2.45, 2.75) is 12.8 Å². The van der Waals surface area contributed by atoms with E-state index in [0.717, 1.165) is 12.8 Å². The zero-order valence-corrected chi connectivity index (χ0v) is 18.6. The van der Waals surface area contributed by atoms with Crippen LogP contribution in [0.3, 0.4) is 0 Å². The molecule has 168 valence electrons. The van der Waals surface area contributed by atoms with Gasteiger partial charge in [0.1, 0.15) is 5.75 Å². The number of non-ortho nitro benzene ring substituents is 1. The van der Waals surface area contributed by atoms with Crippen LogP contribution in [-0.2, 0) is 11.2 Å². The fourth-order valence-electron chi connectivity index (χ4n) is 2.97.